The lowest BCUT2D eigenvalue weighted by Crippen LogP contribution is -2.43. The average molecular weight is 242 g/mol. The van der Waals surface area contributed by atoms with E-state index in [9.17, 15) is 4.79 Å². The Bertz CT molecular complexity index is 244. The molecule has 1 rings (SSSR count). The van der Waals surface area contributed by atoms with E-state index in [1.807, 2.05) is 27.7 Å². The normalized spacial score (nSPS) is 16.5. The van der Waals surface area contributed by atoms with Crippen molar-refractivity contribution in [3.63, 3.8) is 0 Å². The number of rotatable bonds is 5. The Morgan fingerprint density at radius 2 is 2.06 bits per heavy atom. The number of nitrogens with one attached hydrogen (secondary N) is 1. The van der Waals surface area contributed by atoms with Crippen LogP contribution in [0.4, 0.5) is 4.79 Å². The Hall–Kier alpha value is -0.770. The van der Waals surface area contributed by atoms with Crippen LogP contribution in [0.2, 0.25) is 0 Å². The summed E-state index contributed by atoms with van der Waals surface area (Å²) in [6, 6.07) is 0.673. The molecule has 4 nitrogen and oxygen atoms in total. The third-order valence-electron chi connectivity index (χ3n) is 2.95. The minimum Gasteiger partial charge on any atom is -0.444 e. The molecule has 1 fully saturated rings. The number of hydrogen-bond acceptors (Lipinski definition) is 3. The fraction of sp³-hybridized carbons (Fsp3) is 0.923. The van der Waals surface area contributed by atoms with Crippen molar-refractivity contribution >= 4 is 6.09 Å². The third-order valence-corrected chi connectivity index (χ3v) is 2.95. The molecular formula is C13H26N2O2. The molecule has 0 aromatic rings. The molecule has 1 aliphatic carbocycles. The van der Waals surface area contributed by atoms with Crippen molar-refractivity contribution in [1.29, 1.82) is 0 Å². The van der Waals surface area contributed by atoms with Crippen molar-refractivity contribution in [1.82, 2.24) is 10.2 Å². The van der Waals surface area contributed by atoms with E-state index in [0.717, 1.165) is 13.1 Å². The summed E-state index contributed by atoms with van der Waals surface area (Å²) in [7, 11) is 0. The van der Waals surface area contributed by atoms with Gasteiger partial charge in [-0.05, 0) is 40.5 Å². The van der Waals surface area contributed by atoms with Crippen molar-refractivity contribution < 1.29 is 9.53 Å². The van der Waals surface area contributed by atoms with Gasteiger partial charge in [0.15, 0.2) is 0 Å². The van der Waals surface area contributed by atoms with E-state index >= 15 is 0 Å². The molecule has 17 heavy (non-hydrogen) atoms. The first-order chi connectivity index (χ1) is 7.92. The van der Waals surface area contributed by atoms with Crippen LogP contribution < -0.4 is 5.32 Å². The zero-order valence-electron chi connectivity index (χ0n) is 11.6. The Morgan fingerprint density at radius 1 is 1.41 bits per heavy atom. The van der Waals surface area contributed by atoms with E-state index < -0.39 is 5.60 Å². The van der Waals surface area contributed by atoms with E-state index in [1.165, 1.54) is 19.3 Å². The van der Waals surface area contributed by atoms with E-state index in [2.05, 4.69) is 5.32 Å². The molecule has 0 spiro atoms. The molecule has 0 bridgehead atoms. The van der Waals surface area contributed by atoms with E-state index in [0.29, 0.717) is 12.6 Å². The molecule has 1 aliphatic rings. The summed E-state index contributed by atoms with van der Waals surface area (Å²) in [6.45, 7) is 9.94. The monoisotopic (exact) mass is 242 g/mol. The Labute approximate surface area is 105 Å². The molecule has 4 heteroatoms. The number of ether oxygens (including phenoxy) is 1. The van der Waals surface area contributed by atoms with Crippen molar-refractivity contribution in [3.05, 3.63) is 0 Å². The molecule has 0 atom stereocenters. The van der Waals surface area contributed by atoms with Gasteiger partial charge in [0.2, 0.25) is 0 Å². The predicted molar refractivity (Wildman–Crippen MR) is 69.1 cm³/mol. The lowest BCUT2D eigenvalue weighted by atomic mass is 9.93. The molecule has 100 valence electrons. The van der Waals surface area contributed by atoms with Gasteiger partial charge in [0.1, 0.15) is 5.60 Å². The van der Waals surface area contributed by atoms with Gasteiger partial charge in [-0.25, -0.2) is 4.79 Å². The fourth-order valence-electron chi connectivity index (χ4n) is 1.72. The largest absolute Gasteiger partial charge is 0.444 e. The fourth-order valence-corrected chi connectivity index (χ4v) is 1.72. The van der Waals surface area contributed by atoms with E-state index in [4.69, 9.17) is 4.74 Å². The summed E-state index contributed by atoms with van der Waals surface area (Å²) in [5.74, 6) is 0. The van der Waals surface area contributed by atoms with Crippen molar-refractivity contribution in [2.45, 2.75) is 58.6 Å². The van der Waals surface area contributed by atoms with Crippen LogP contribution in [0.1, 0.15) is 47.0 Å². The smallest absolute Gasteiger partial charge is 0.410 e. The summed E-state index contributed by atoms with van der Waals surface area (Å²) < 4.78 is 5.35. The second-order valence-corrected chi connectivity index (χ2v) is 5.64. The molecule has 1 N–H and O–H groups in total. The van der Waals surface area contributed by atoms with Crippen LogP contribution in [0.25, 0.3) is 0 Å². The number of carbonyl (C=O) groups excluding carboxylic acids is 1. The Morgan fingerprint density at radius 3 is 2.47 bits per heavy atom. The highest BCUT2D eigenvalue weighted by molar-refractivity contribution is 5.68. The summed E-state index contributed by atoms with van der Waals surface area (Å²) in [6.07, 6.45) is 3.67. The van der Waals surface area contributed by atoms with Crippen molar-refractivity contribution in [2.24, 2.45) is 0 Å². The second kappa shape index (κ2) is 6.24. The molecular weight excluding hydrogens is 216 g/mol. The van der Waals surface area contributed by atoms with Crippen LogP contribution in [0.5, 0.6) is 0 Å². The number of nitrogens with zero attached hydrogens (tertiary/aromatic N) is 1. The number of carbonyl (C=O) groups is 1. The standard InChI is InChI=1S/C13H26N2O2/c1-5-15(12(16)17-13(2,3)4)10-9-14-11-7-6-8-11/h11,14H,5-10H2,1-4H3. The Kier molecular flexibility index (Phi) is 5.25. The molecule has 0 heterocycles. The van der Waals surface area contributed by atoms with Crippen molar-refractivity contribution in [3.8, 4) is 0 Å². The van der Waals surface area contributed by atoms with E-state index in [-0.39, 0.29) is 6.09 Å². The quantitative estimate of drug-likeness (QED) is 0.805. The van der Waals surface area contributed by atoms with Crippen LogP contribution in [0.15, 0.2) is 0 Å². The molecule has 0 saturated heterocycles. The van der Waals surface area contributed by atoms with Crippen LogP contribution in [0, 0.1) is 0 Å². The van der Waals surface area contributed by atoms with Crippen molar-refractivity contribution in [2.75, 3.05) is 19.6 Å². The molecule has 0 aromatic carbocycles. The lowest BCUT2D eigenvalue weighted by Gasteiger charge is -2.29. The van der Waals surface area contributed by atoms with Gasteiger partial charge in [-0.2, -0.15) is 0 Å². The van der Waals surface area contributed by atoms with E-state index in [1.54, 1.807) is 4.90 Å². The minimum absolute atomic E-state index is 0.213. The molecule has 0 radical (unpaired) electrons. The van der Waals surface area contributed by atoms with Crippen LogP contribution in [-0.2, 0) is 4.74 Å². The third kappa shape index (κ3) is 5.39. The van der Waals surface area contributed by atoms with Gasteiger partial charge in [0.05, 0.1) is 0 Å². The molecule has 1 saturated carbocycles. The zero-order valence-corrected chi connectivity index (χ0v) is 11.6. The van der Waals surface area contributed by atoms with Gasteiger partial charge >= 0.3 is 6.09 Å². The first-order valence-electron chi connectivity index (χ1n) is 6.63. The van der Waals surface area contributed by atoms with Gasteiger partial charge in [-0.1, -0.05) is 6.42 Å². The molecule has 1 amide bonds. The molecule has 0 aromatic heterocycles. The highest BCUT2D eigenvalue weighted by Crippen LogP contribution is 2.17. The summed E-state index contributed by atoms with van der Waals surface area (Å²) >= 11 is 0. The number of amides is 1. The predicted octanol–water partition coefficient (Wildman–Crippen LogP) is 2.39. The topological polar surface area (TPSA) is 41.6 Å². The highest BCUT2D eigenvalue weighted by Gasteiger charge is 2.21. The highest BCUT2D eigenvalue weighted by atomic mass is 16.6. The molecule has 0 unspecified atom stereocenters. The maximum atomic E-state index is 11.8. The minimum atomic E-state index is -0.411. The maximum absolute atomic E-state index is 11.8. The zero-order chi connectivity index (χ0) is 12.9. The second-order valence-electron chi connectivity index (χ2n) is 5.64. The molecule has 0 aliphatic heterocycles. The lowest BCUT2D eigenvalue weighted by molar-refractivity contribution is 0.0259. The first-order valence-corrected chi connectivity index (χ1v) is 6.63. The van der Waals surface area contributed by atoms with Gasteiger partial charge in [0.25, 0.3) is 0 Å². The van der Waals surface area contributed by atoms with Gasteiger partial charge in [-0.3, -0.25) is 0 Å². The summed E-state index contributed by atoms with van der Waals surface area (Å²) in [4.78, 5) is 13.6. The average Bonchev–Trinajstić information content (AvgIpc) is 2.12. The van der Waals surface area contributed by atoms with Crippen LogP contribution in [-0.4, -0.2) is 42.3 Å². The summed E-state index contributed by atoms with van der Waals surface area (Å²) in [5.41, 5.74) is -0.411. The van der Waals surface area contributed by atoms with Crippen LogP contribution >= 0.6 is 0 Å². The number of hydrogen-bond donors (Lipinski definition) is 1. The van der Waals surface area contributed by atoms with Gasteiger partial charge in [0, 0.05) is 25.7 Å². The maximum Gasteiger partial charge on any atom is 0.410 e. The number of likely N-dealkylation sites (N-methyl/N-ethyl adjacent to an activating group) is 1. The van der Waals surface area contributed by atoms with Gasteiger partial charge < -0.3 is 15.0 Å². The summed E-state index contributed by atoms with van der Waals surface area (Å²) in [5, 5.41) is 3.45. The Balaban J connectivity index is 2.23. The van der Waals surface area contributed by atoms with Gasteiger partial charge in [-0.15, -0.1) is 0 Å². The first kappa shape index (κ1) is 14.3. The SMILES string of the molecule is CCN(CCNC1CCC1)C(=O)OC(C)(C)C. The van der Waals surface area contributed by atoms with Crippen LogP contribution in [0.3, 0.4) is 0 Å².